The van der Waals surface area contributed by atoms with Crippen LogP contribution in [0.25, 0.3) is 5.76 Å². The van der Waals surface area contributed by atoms with Gasteiger partial charge in [0.25, 0.3) is 0 Å². The Hall–Kier alpha value is -4.39. The van der Waals surface area contributed by atoms with Gasteiger partial charge in [-0.2, -0.15) is 0 Å². The van der Waals surface area contributed by atoms with Crippen LogP contribution in [0.2, 0.25) is 0 Å². The van der Waals surface area contributed by atoms with Gasteiger partial charge in [-0.1, -0.05) is 48.5 Å². The number of carbonyl (C=O) groups excluding carboxylic acids is 4. The molecule has 0 saturated carbocycles. The molecular formula is C30H25FO6. The molecule has 0 fully saturated rings. The highest BCUT2D eigenvalue weighted by molar-refractivity contribution is 6.53. The monoisotopic (exact) mass is 500 g/mol. The van der Waals surface area contributed by atoms with Gasteiger partial charge in [0.1, 0.15) is 17.4 Å². The molecule has 7 heteroatoms. The molecule has 1 N–H and O–H groups in total. The predicted molar refractivity (Wildman–Crippen MR) is 136 cm³/mol. The summed E-state index contributed by atoms with van der Waals surface area (Å²) in [5, 5.41) is 11.1. The summed E-state index contributed by atoms with van der Waals surface area (Å²) in [7, 11) is 1.47. The highest BCUT2D eigenvalue weighted by Crippen LogP contribution is 2.35. The Balaban J connectivity index is 1.88. The second kappa shape index (κ2) is 11.1. The maximum atomic E-state index is 14.0. The summed E-state index contributed by atoms with van der Waals surface area (Å²) in [6.07, 6.45) is 1.18. The zero-order valence-corrected chi connectivity index (χ0v) is 20.2. The fraction of sp³-hybridized carbons (Fsp3) is 0.200. The molecule has 4 rings (SSSR count). The number of alkyl halides is 1. The average Bonchev–Trinajstić information content (AvgIpc) is 2.94. The Morgan fingerprint density at radius 2 is 1.49 bits per heavy atom. The minimum absolute atomic E-state index is 0.00321. The Bertz CT molecular complexity index is 1400. The quantitative estimate of drug-likeness (QED) is 0.173. The summed E-state index contributed by atoms with van der Waals surface area (Å²) < 4.78 is 17.8. The smallest absolute Gasteiger partial charge is 0.234 e. The molecule has 3 aromatic carbocycles. The number of aliphatic hydroxyl groups is 1. The first-order valence-electron chi connectivity index (χ1n) is 11.9. The van der Waals surface area contributed by atoms with Gasteiger partial charge in [0.05, 0.1) is 19.4 Å². The van der Waals surface area contributed by atoms with Crippen molar-refractivity contribution in [3.05, 3.63) is 106 Å². The van der Waals surface area contributed by atoms with Gasteiger partial charge in [0.2, 0.25) is 11.6 Å². The third-order valence-electron chi connectivity index (χ3n) is 6.43. The number of unbranched alkanes of at least 4 members (excludes halogenated alkanes) is 1. The predicted octanol–water partition coefficient (Wildman–Crippen LogP) is 5.40. The van der Waals surface area contributed by atoms with Crippen molar-refractivity contribution in [2.75, 3.05) is 13.8 Å². The molecule has 188 valence electrons. The van der Waals surface area contributed by atoms with Gasteiger partial charge in [-0.05, 0) is 49.1 Å². The van der Waals surface area contributed by atoms with E-state index in [4.69, 9.17) is 4.74 Å². The molecule has 0 bridgehead atoms. The first kappa shape index (κ1) is 25.7. The number of aryl methyl sites for hydroxylation is 1. The number of halogens is 1. The van der Waals surface area contributed by atoms with Crippen LogP contribution in [-0.2, 0) is 11.2 Å². The fourth-order valence-electron chi connectivity index (χ4n) is 4.50. The minimum atomic E-state index is -1.76. The van der Waals surface area contributed by atoms with E-state index in [0.717, 1.165) is 0 Å². The molecule has 0 spiro atoms. The van der Waals surface area contributed by atoms with E-state index < -0.39 is 47.1 Å². The van der Waals surface area contributed by atoms with Crippen LogP contribution in [0.15, 0.2) is 78.4 Å². The van der Waals surface area contributed by atoms with Crippen LogP contribution in [0.4, 0.5) is 4.39 Å². The standard InChI is InChI=1S/C30H25FO6/c1-37-20-15-13-19(14-16-20)26(32)24(27(33)21-10-3-2-8-18(21)9-6-7-17-31)25-28(34)22-11-4-5-12-23(22)29(35)30(25)36/h2-5,8,10-16,24,34H,6-7,9,17H2,1H3. The van der Waals surface area contributed by atoms with Crippen molar-refractivity contribution in [1.29, 1.82) is 0 Å². The van der Waals surface area contributed by atoms with Gasteiger partial charge in [0, 0.05) is 22.3 Å². The van der Waals surface area contributed by atoms with Crippen LogP contribution >= 0.6 is 0 Å². The zero-order valence-electron chi connectivity index (χ0n) is 20.2. The molecular weight excluding hydrogens is 475 g/mol. The Kier molecular flexibility index (Phi) is 7.72. The number of aliphatic hydroxyl groups excluding tert-OH is 1. The van der Waals surface area contributed by atoms with Gasteiger partial charge >= 0.3 is 0 Å². The van der Waals surface area contributed by atoms with Crippen LogP contribution in [-0.4, -0.2) is 42.0 Å². The number of ether oxygens (including phenoxy) is 1. The van der Waals surface area contributed by atoms with E-state index in [1.54, 1.807) is 30.3 Å². The molecule has 1 unspecified atom stereocenters. The number of allylic oxidation sites excluding steroid dienone is 1. The molecule has 1 aliphatic carbocycles. The molecule has 0 aromatic heterocycles. The number of hydrogen-bond donors (Lipinski definition) is 1. The normalized spacial score (nSPS) is 13.8. The van der Waals surface area contributed by atoms with Crippen molar-refractivity contribution in [2.24, 2.45) is 5.92 Å². The summed E-state index contributed by atoms with van der Waals surface area (Å²) in [5.74, 6) is -5.33. The first-order chi connectivity index (χ1) is 17.9. The number of rotatable bonds is 10. The minimum Gasteiger partial charge on any atom is -0.507 e. The van der Waals surface area contributed by atoms with Crippen molar-refractivity contribution >= 4 is 28.9 Å². The van der Waals surface area contributed by atoms with Crippen molar-refractivity contribution < 1.29 is 33.4 Å². The van der Waals surface area contributed by atoms with Crippen molar-refractivity contribution in [3.8, 4) is 5.75 Å². The topological polar surface area (TPSA) is 97.7 Å². The number of carbonyl (C=O) groups is 4. The second-order valence-electron chi connectivity index (χ2n) is 8.66. The molecule has 3 aromatic rings. The van der Waals surface area contributed by atoms with Gasteiger partial charge < -0.3 is 9.84 Å². The SMILES string of the molecule is COc1ccc(C(=O)C(C(=O)c2ccccc2CCCCF)C2=C(O)c3ccccc3C(=O)C2=O)cc1. The maximum Gasteiger partial charge on any atom is 0.234 e. The lowest BCUT2D eigenvalue weighted by Gasteiger charge is -2.24. The third-order valence-corrected chi connectivity index (χ3v) is 6.43. The zero-order chi connectivity index (χ0) is 26.5. The van der Waals surface area contributed by atoms with Gasteiger partial charge in [0.15, 0.2) is 11.6 Å². The van der Waals surface area contributed by atoms with Crippen molar-refractivity contribution in [2.45, 2.75) is 19.3 Å². The number of methoxy groups -OCH3 is 1. The summed E-state index contributed by atoms with van der Waals surface area (Å²) in [6.45, 7) is -0.495. The van der Waals surface area contributed by atoms with Crippen LogP contribution in [0.1, 0.15) is 55.0 Å². The highest BCUT2D eigenvalue weighted by atomic mass is 19.1. The van der Waals surface area contributed by atoms with Crippen molar-refractivity contribution in [1.82, 2.24) is 0 Å². The highest BCUT2D eigenvalue weighted by Gasteiger charge is 2.43. The number of Topliss-reactive ketones (excluding diaryl/α,β-unsaturated/α-hetero) is 4. The number of ketones is 4. The molecule has 0 radical (unpaired) electrons. The molecule has 0 amide bonds. The van der Waals surface area contributed by atoms with Gasteiger partial charge in [-0.3, -0.25) is 23.6 Å². The van der Waals surface area contributed by atoms with Crippen LogP contribution in [0.5, 0.6) is 5.75 Å². The molecule has 37 heavy (non-hydrogen) atoms. The third kappa shape index (κ3) is 4.98. The van der Waals surface area contributed by atoms with E-state index in [1.165, 1.54) is 49.6 Å². The molecule has 6 nitrogen and oxygen atoms in total. The lowest BCUT2D eigenvalue weighted by molar-refractivity contribution is -0.112. The van der Waals surface area contributed by atoms with Crippen LogP contribution < -0.4 is 4.74 Å². The van der Waals surface area contributed by atoms with E-state index in [1.807, 2.05) is 0 Å². The summed E-state index contributed by atoms with van der Waals surface area (Å²) in [6, 6.07) is 18.6. The largest absolute Gasteiger partial charge is 0.507 e. The summed E-state index contributed by atoms with van der Waals surface area (Å²) in [4.78, 5) is 54.1. The van der Waals surface area contributed by atoms with E-state index in [2.05, 4.69) is 0 Å². The molecule has 0 saturated heterocycles. The van der Waals surface area contributed by atoms with Crippen molar-refractivity contribution in [3.63, 3.8) is 0 Å². The Morgan fingerprint density at radius 3 is 2.16 bits per heavy atom. The second-order valence-corrected chi connectivity index (χ2v) is 8.66. The molecule has 0 aliphatic heterocycles. The lowest BCUT2D eigenvalue weighted by Crippen LogP contribution is -2.36. The van der Waals surface area contributed by atoms with Crippen LogP contribution in [0.3, 0.4) is 0 Å². The molecule has 0 heterocycles. The summed E-state index contributed by atoms with van der Waals surface area (Å²) in [5.41, 5.74) is 0.403. The van der Waals surface area contributed by atoms with Gasteiger partial charge in [-0.15, -0.1) is 0 Å². The first-order valence-corrected chi connectivity index (χ1v) is 11.9. The molecule has 1 aliphatic rings. The van der Waals surface area contributed by atoms with Gasteiger partial charge in [-0.25, -0.2) is 0 Å². The van der Waals surface area contributed by atoms with Crippen LogP contribution in [0, 0.1) is 5.92 Å². The average molecular weight is 501 g/mol. The summed E-state index contributed by atoms with van der Waals surface area (Å²) >= 11 is 0. The number of benzene rings is 3. The number of fused-ring (bicyclic) bond motifs is 1. The van der Waals surface area contributed by atoms with E-state index in [9.17, 15) is 28.7 Å². The van der Waals surface area contributed by atoms with E-state index >= 15 is 0 Å². The Morgan fingerprint density at radius 1 is 0.838 bits per heavy atom. The number of hydrogen-bond acceptors (Lipinski definition) is 6. The van der Waals surface area contributed by atoms with E-state index in [0.29, 0.717) is 30.6 Å². The Labute approximate surface area is 213 Å². The lowest BCUT2D eigenvalue weighted by atomic mass is 9.76. The molecule has 1 atom stereocenters. The maximum absolute atomic E-state index is 14.0. The fourth-order valence-corrected chi connectivity index (χ4v) is 4.50. The van der Waals surface area contributed by atoms with E-state index in [-0.39, 0.29) is 22.3 Å².